The monoisotopic (exact) mass is 332 g/mol. The van der Waals surface area contributed by atoms with Gasteiger partial charge in [0.05, 0.1) is 14.2 Å². The second kappa shape index (κ2) is 7.32. The van der Waals surface area contributed by atoms with Gasteiger partial charge in [-0.15, -0.1) is 0 Å². The van der Waals surface area contributed by atoms with E-state index in [2.05, 4.69) is 30.9 Å². The lowest BCUT2D eigenvalue weighted by molar-refractivity contribution is 0.0423. The van der Waals surface area contributed by atoms with Crippen molar-refractivity contribution in [1.82, 2.24) is 4.90 Å². The molecule has 1 saturated heterocycles. The summed E-state index contributed by atoms with van der Waals surface area (Å²) < 4.78 is 11.0. The SMILES string of the molecule is CCCC[C@@H]1CN2C(C)Cc3cc(OC)c(OC)cc3[C@H]2CC1N. The molecular weight excluding hydrogens is 300 g/mol. The number of piperidine rings is 1. The van der Waals surface area contributed by atoms with Crippen molar-refractivity contribution in [2.75, 3.05) is 20.8 Å². The normalized spacial score (nSPS) is 29.7. The Morgan fingerprint density at radius 2 is 1.92 bits per heavy atom. The number of fused-ring (bicyclic) bond motifs is 3. The Bertz CT molecular complexity index is 575. The molecule has 4 nitrogen and oxygen atoms in total. The molecule has 24 heavy (non-hydrogen) atoms. The first-order chi connectivity index (χ1) is 11.6. The van der Waals surface area contributed by atoms with Crippen LogP contribution < -0.4 is 15.2 Å². The van der Waals surface area contributed by atoms with Crippen molar-refractivity contribution >= 4 is 0 Å². The fourth-order valence-electron chi connectivity index (χ4n) is 4.54. The number of hydrogen-bond donors (Lipinski definition) is 1. The van der Waals surface area contributed by atoms with Crippen molar-refractivity contribution in [3.63, 3.8) is 0 Å². The third-order valence-corrected chi connectivity index (χ3v) is 5.96. The van der Waals surface area contributed by atoms with Crippen molar-refractivity contribution < 1.29 is 9.47 Å². The molecule has 0 radical (unpaired) electrons. The zero-order chi connectivity index (χ0) is 17.3. The van der Waals surface area contributed by atoms with E-state index in [-0.39, 0.29) is 0 Å². The Morgan fingerprint density at radius 3 is 2.58 bits per heavy atom. The molecule has 1 aromatic carbocycles. The lowest BCUT2D eigenvalue weighted by Gasteiger charge is -2.49. The minimum absolute atomic E-state index is 0.295. The maximum Gasteiger partial charge on any atom is 0.161 e. The summed E-state index contributed by atoms with van der Waals surface area (Å²) in [5.74, 6) is 2.29. The summed E-state index contributed by atoms with van der Waals surface area (Å²) in [5.41, 5.74) is 9.35. The minimum atomic E-state index is 0.295. The molecule has 0 spiro atoms. The van der Waals surface area contributed by atoms with Crippen LogP contribution in [-0.2, 0) is 6.42 Å². The number of hydrogen-bond acceptors (Lipinski definition) is 4. The van der Waals surface area contributed by atoms with E-state index in [4.69, 9.17) is 15.2 Å². The second-order valence-electron chi connectivity index (χ2n) is 7.47. The fourth-order valence-corrected chi connectivity index (χ4v) is 4.54. The highest BCUT2D eigenvalue weighted by molar-refractivity contribution is 5.50. The van der Waals surface area contributed by atoms with E-state index in [0.717, 1.165) is 30.9 Å². The Balaban J connectivity index is 1.90. The van der Waals surface area contributed by atoms with Crippen molar-refractivity contribution in [3.8, 4) is 11.5 Å². The summed E-state index contributed by atoms with van der Waals surface area (Å²) in [7, 11) is 3.42. The third kappa shape index (κ3) is 3.14. The van der Waals surface area contributed by atoms with Gasteiger partial charge in [-0.1, -0.05) is 19.8 Å². The number of nitrogens with zero attached hydrogens (tertiary/aromatic N) is 1. The fraction of sp³-hybridized carbons (Fsp3) is 0.700. The van der Waals surface area contributed by atoms with Crippen LogP contribution in [0.2, 0.25) is 0 Å². The van der Waals surface area contributed by atoms with Crippen molar-refractivity contribution in [2.45, 2.75) is 64.1 Å². The number of unbranched alkanes of at least 4 members (excludes halogenated alkanes) is 1. The molecule has 0 aliphatic carbocycles. The molecule has 4 heteroatoms. The number of methoxy groups -OCH3 is 2. The van der Waals surface area contributed by atoms with Gasteiger partial charge in [-0.05, 0) is 55.4 Å². The first kappa shape index (κ1) is 17.6. The molecule has 2 unspecified atom stereocenters. The van der Waals surface area contributed by atoms with Gasteiger partial charge in [0.2, 0.25) is 0 Å². The van der Waals surface area contributed by atoms with E-state index in [9.17, 15) is 0 Å². The Labute approximate surface area is 146 Å². The van der Waals surface area contributed by atoms with E-state index in [1.807, 2.05) is 0 Å². The van der Waals surface area contributed by atoms with Crippen LogP contribution in [0.15, 0.2) is 12.1 Å². The Kier molecular flexibility index (Phi) is 5.36. The van der Waals surface area contributed by atoms with Crippen molar-refractivity contribution in [1.29, 1.82) is 0 Å². The molecule has 1 aromatic rings. The third-order valence-electron chi connectivity index (χ3n) is 5.96. The zero-order valence-electron chi connectivity index (χ0n) is 15.5. The van der Waals surface area contributed by atoms with Crippen LogP contribution in [0.5, 0.6) is 11.5 Å². The maximum atomic E-state index is 6.57. The maximum absolute atomic E-state index is 6.57. The molecule has 2 aliphatic heterocycles. The van der Waals surface area contributed by atoms with Gasteiger partial charge in [0.15, 0.2) is 11.5 Å². The molecule has 2 N–H and O–H groups in total. The van der Waals surface area contributed by atoms with E-state index in [1.54, 1.807) is 14.2 Å². The van der Waals surface area contributed by atoms with Crippen LogP contribution in [0.3, 0.4) is 0 Å². The predicted octanol–water partition coefficient (Wildman–Crippen LogP) is 3.53. The van der Waals surface area contributed by atoms with E-state index >= 15 is 0 Å². The van der Waals surface area contributed by atoms with Crippen LogP contribution in [0.25, 0.3) is 0 Å². The van der Waals surface area contributed by atoms with Gasteiger partial charge in [0.1, 0.15) is 0 Å². The smallest absolute Gasteiger partial charge is 0.161 e. The van der Waals surface area contributed by atoms with E-state index < -0.39 is 0 Å². The van der Waals surface area contributed by atoms with Gasteiger partial charge in [-0.2, -0.15) is 0 Å². The standard InChI is InChI=1S/C20H32N2O2/c1-5-6-7-14-12-22-13(2)8-15-9-19(23-3)20(24-4)10-16(15)18(22)11-17(14)21/h9-10,13-14,17-18H,5-8,11-12,21H2,1-4H3/t13?,14-,17?,18-/m1/s1. The molecule has 0 bridgehead atoms. The van der Waals surface area contributed by atoms with Gasteiger partial charge >= 0.3 is 0 Å². The van der Waals surface area contributed by atoms with E-state index in [0.29, 0.717) is 24.0 Å². The van der Waals surface area contributed by atoms with Crippen LogP contribution in [0.4, 0.5) is 0 Å². The van der Waals surface area contributed by atoms with Gasteiger partial charge < -0.3 is 15.2 Å². The number of benzene rings is 1. The van der Waals surface area contributed by atoms with Gasteiger partial charge in [-0.25, -0.2) is 0 Å². The highest BCUT2D eigenvalue weighted by atomic mass is 16.5. The van der Waals surface area contributed by atoms with Crippen LogP contribution in [0, 0.1) is 5.92 Å². The molecule has 134 valence electrons. The number of rotatable bonds is 5. The molecular formula is C20H32N2O2. The van der Waals surface area contributed by atoms with Crippen molar-refractivity contribution in [3.05, 3.63) is 23.3 Å². The number of ether oxygens (including phenoxy) is 2. The first-order valence-corrected chi connectivity index (χ1v) is 9.35. The van der Waals surface area contributed by atoms with Gasteiger partial charge in [-0.3, -0.25) is 4.90 Å². The largest absolute Gasteiger partial charge is 0.493 e. The lowest BCUT2D eigenvalue weighted by Crippen LogP contribution is -2.53. The minimum Gasteiger partial charge on any atom is -0.493 e. The highest BCUT2D eigenvalue weighted by Gasteiger charge is 2.40. The molecule has 3 rings (SSSR count). The number of nitrogens with two attached hydrogens (primary N) is 1. The summed E-state index contributed by atoms with van der Waals surface area (Å²) in [4.78, 5) is 2.68. The average molecular weight is 332 g/mol. The van der Waals surface area contributed by atoms with Gasteiger partial charge in [0, 0.05) is 24.7 Å². The molecule has 0 amide bonds. The summed E-state index contributed by atoms with van der Waals surface area (Å²) >= 11 is 0. The average Bonchev–Trinajstić information content (AvgIpc) is 2.59. The molecule has 1 fully saturated rings. The quantitative estimate of drug-likeness (QED) is 0.896. The summed E-state index contributed by atoms with van der Waals surface area (Å²) in [6.45, 7) is 5.73. The molecule has 0 saturated carbocycles. The highest BCUT2D eigenvalue weighted by Crippen LogP contribution is 2.44. The predicted molar refractivity (Wildman–Crippen MR) is 97.8 cm³/mol. The molecule has 2 aliphatic rings. The van der Waals surface area contributed by atoms with Crippen LogP contribution in [0.1, 0.15) is 56.7 Å². The van der Waals surface area contributed by atoms with E-state index in [1.165, 1.54) is 30.4 Å². The summed E-state index contributed by atoms with van der Waals surface area (Å²) in [6.07, 6.45) is 5.91. The van der Waals surface area contributed by atoms with Crippen LogP contribution in [-0.4, -0.2) is 37.7 Å². The first-order valence-electron chi connectivity index (χ1n) is 9.35. The zero-order valence-corrected chi connectivity index (χ0v) is 15.5. The molecule has 0 aromatic heterocycles. The molecule has 4 atom stereocenters. The summed E-state index contributed by atoms with van der Waals surface area (Å²) in [6, 6.07) is 5.60. The van der Waals surface area contributed by atoms with Crippen LogP contribution >= 0.6 is 0 Å². The second-order valence-corrected chi connectivity index (χ2v) is 7.47. The van der Waals surface area contributed by atoms with Gasteiger partial charge in [0.25, 0.3) is 0 Å². The topological polar surface area (TPSA) is 47.7 Å². The Hall–Kier alpha value is -1.26. The Morgan fingerprint density at radius 1 is 1.21 bits per heavy atom. The summed E-state index contributed by atoms with van der Waals surface area (Å²) in [5, 5.41) is 0. The van der Waals surface area contributed by atoms with Crippen molar-refractivity contribution in [2.24, 2.45) is 11.7 Å². The molecule has 2 heterocycles. The lowest BCUT2D eigenvalue weighted by atomic mass is 9.77.